The van der Waals surface area contributed by atoms with Crippen LogP contribution in [0.3, 0.4) is 0 Å². The Balaban J connectivity index is 1.76. The van der Waals surface area contributed by atoms with Crippen molar-refractivity contribution in [2.45, 2.75) is 109 Å². The van der Waals surface area contributed by atoms with E-state index in [-0.39, 0.29) is 29.4 Å². The van der Waals surface area contributed by atoms with E-state index >= 15 is 0 Å². The molecule has 4 nitrogen and oxygen atoms in total. The Morgan fingerprint density at radius 2 is 1.41 bits per heavy atom. The van der Waals surface area contributed by atoms with E-state index in [1.807, 2.05) is 0 Å². The van der Waals surface area contributed by atoms with Gasteiger partial charge in [-0.05, 0) is 62.7 Å². The molecule has 4 heteroatoms. The third-order valence-electron chi connectivity index (χ3n) is 7.43. The maximum Gasteiger partial charge on any atom is 0.309 e. The monoisotopic (exact) mass is 378 g/mol. The molecule has 0 aromatic heterocycles. The van der Waals surface area contributed by atoms with Crippen LogP contribution in [0.25, 0.3) is 0 Å². The summed E-state index contributed by atoms with van der Waals surface area (Å²) in [6.45, 7) is 0. The first kappa shape index (κ1) is 20.7. The van der Waals surface area contributed by atoms with Gasteiger partial charge in [-0.15, -0.1) is 0 Å². The van der Waals surface area contributed by atoms with Gasteiger partial charge in [0.25, 0.3) is 0 Å². The first-order valence-electron chi connectivity index (χ1n) is 11.4. The second-order valence-electron chi connectivity index (χ2n) is 9.25. The molecule has 0 aromatic carbocycles. The van der Waals surface area contributed by atoms with E-state index in [9.17, 15) is 9.59 Å². The fourth-order valence-corrected chi connectivity index (χ4v) is 6.09. The lowest BCUT2D eigenvalue weighted by Gasteiger charge is -2.46. The Morgan fingerprint density at radius 1 is 0.852 bits per heavy atom. The number of methoxy groups -OCH3 is 1. The summed E-state index contributed by atoms with van der Waals surface area (Å²) in [5, 5.41) is 0. The normalized spacial score (nSPS) is 25.5. The molecular formula is C23H38O4. The van der Waals surface area contributed by atoms with Gasteiger partial charge >= 0.3 is 11.9 Å². The summed E-state index contributed by atoms with van der Waals surface area (Å²) in [6.07, 6.45) is 17.3. The predicted octanol–water partition coefficient (Wildman–Crippen LogP) is 5.57. The Bertz CT molecular complexity index is 483. The van der Waals surface area contributed by atoms with E-state index in [1.165, 1.54) is 39.2 Å². The van der Waals surface area contributed by atoms with Crippen LogP contribution in [-0.2, 0) is 19.1 Å². The maximum absolute atomic E-state index is 12.9. The molecule has 0 radical (unpaired) electrons. The molecule has 1 atom stereocenters. The zero-order valence-corrected chi connectivity index (χ0v) is 17.2. The van der Waals surface area contributed by atoms with Crippen molar-refractivity contribution >= 4 is 11.9 Å². The fraction of sp³-hybridized carbons (Fsp3) is 0.913. The zero-order chi connectivity index (χ0) is 19.1. The number of ether oxygens (including phenoxy) is 2. The van der Waals surface area contributed by atoms with Gasteiger partial charge in [-0.1, -0.05) is 44.9 Å². The van der Waals surface area contributed by atoms with E-state index in [0.717, 1.165) is 64.2 Å². The summed E-state index contributed by atoms with van der Waals surface area (Å²) in [6, 6.07) is 0. The van der Waals surface area contributed by atoms with Gasteiger partial charge in [0.05, 0.1) is 19.4 Å². The fourth-order valence-electron chi connectivity index (χ4n) is 6.09. The van der Waals surface area contributed by atoms with Crippen molar-refractivity contribution in [1.82, 2.24) is 0 Å². The Hall–Kier alpha value is -1.06. The molecule has 0 bridgehead atoms. The first-order chi connectivity index (χ1) is 13.1. The van der Waals surface area contributed by atoms with Gasteiger partial charge in [0, 0.05) is 0 Å². The summed E-state index contributed by atoms with van der Waals surface area (Å²) in [5.41, 5.74) is -0.251. The minimum atomic E-state index is -0.251. The van der Waals surface area contributed by atoms with Crippen molar-refractivity contribution < 1.29 is 19.1 Å². The van der Waals surface area contributed by atoms with Crippen LogP contribution in [0, 0.1) is 17.3 Å². The number of rotatable bonds is 6. The molecule has 3 rings (SSSR count). The highest BCUT2D eigenvalue weighted by Gasteiger charge is 2.49. The highest BCUT2D eigenvalue weighted by Crippen LogP contribution is 2.51. The molecule has 0 N–H and O–H groups in total. The molecule has 0 heterocycles. The quantitative estimate of drug-likeness (QED) is 0.567. The third kappa shape index (κ3) is 5.26. The molecular weight excluding hydrogens is 340 g/mol. The Kier molecular flexibility index (Phi) is 7.60. The van der Waals surface area contributed by atoms with Crippen molar-refractivity contribution in [1.29, 1.82) is 0 Å². The van der Waals surface area contributed by atoms with E-state index in [2.05, 4.69) is 0 Å². The van der Waals surface area contributed by atoms with Gasteiger partial charge in [0.2, 0.25) is 0 Å². The van der Waals surface area contributed by atoms with Gasteiger partial charge in [-0.25, -0.2) is 0 Å². The zero-order valence-electron chi connectivity index (χ0n) is 17.2. The van der Waals surface area contributed by atoms with E-state index in [4.69, 9.17) is 9.47 Å². The van der Waals surface area contributed by atoms with E-state index in [1.54, 1.807) is 0 Å². The first-order valence-corrected chi connectivity index (χ1v) is 11.4. The lowest BCUT2D eigenvalue weighted by atomic mass is 9.58. The lowest BCUT2D eigenvalue weighted by Crippen LogP contribution is -2.45. The van der Waals surface area contributed by atoms with Gasteiger partial charge in [-0.3, -0.25) is 9.59 Å². The molecule has 3 saturated carbocycles. The van der Waals surface area contributed by atoms with Crippen molar-refractivity contribution in [3.8, 4) is 0 Å². The highest BCUT2D eigenvalue weighted by molar-refractivity contribution is 5.76. The van der Waals surface area contributed by atoms with E-state index < -0.39 is 0 Å². The number of hydrogen-bond acceptors (Lipinski definition) is 4. The average molecular weight is 379 g/mol. The van der Waals surface area contributed by atoms with Crippen LogP contribution in [0.1, 0.15) is 103 Å². The standard InChI is InChI=1S/C23H38O4/c1-26-22(25)21(18-11-5-2-6-12-18)23(15-9-4-10-16-23)17-20(24)27-19-13-7-3-8-14-19/h18-19,21H,2-17H2,1H3. The van der Waals surface area contributed by atoms with Gasteiger partial charge < -0.3 is 9.47 Å². The van der Waals surface area contributed by atoms with Crippen LogP contribution in [0.15, 0.2) is 0 Å². The minimum Gasteiger partial charge on any atom is -0.469 e. The Labute approximate surface area is 164 Å². The molecule has 3 aliphatic carbocycles. The molecule has 27 heavy (non-hydrogen) atoms. The van der Waals surface area contributed by atoms with Crippen molar-refractivity contribution in [2.75, 3.05) is 7.11 Å². The number of carbonyl (C=O) groups excluding carboxylic acids is 2. The van der Waals surface area contributed by atoms with Gasteiger partial charge in [0.15, 0.2) is 0 Å². The molecule has 0 spiro atoms. The molecule has 1 unspecified atom stereocenters. The molecule has 3 aliphatic rings. The largest absolute Gasteiger partial charge is 0.469 e. The van der Waals surface area contributed by atoms with Crippen LogP contribution in [0.5, 0.6) is 0 Å². The van der Waals surface area contributed by atoms with Crippen LogP contribution in [-0.4, -0.2) is 25.2 Å². The molecule has 0 aliphatic heterocycles. The average Bonchev–Trinajstić information content (AvgIpc) is 2.70. The number of hydrogen-bond donors (Lipinski definition) is 0. The van der Waals surface area contributed by atoms with Crippen LogP contribution < -0.4 is 0 Å². The van der Waals surface area contributed by atoms with Crippen LogP contribution >= 0.6 is 0 Å². The smallest absolute Gasteiger partial charge is 0.309 e. The predicted molar refractivity (Wildman–Crippen MR) is 105 cm³/mol. The molecule has 0 amide bonds. The topological polar surface area (TPSA) is 52.6 Å². The van der Waals surface area contributed by atoms with Gasteiger partial charge in [0.1, 0.15) is 6.10 Å². The summed E-state index contributed by atoms with van der Waals surface area (Å²) in [5.74, 6) is 0.0663. The van der Waals surface area contributed by atoms with E-state index in [0.29, 0.717) is 12.3 Å². The third-order valence-corrected chi connectivity index (χ3v) is 7.43. The van der Waals surface area contributed by atoms with Crippen molar-refractivity contribution in [3.05, 3.63) is 0 Å². The SMILES string of the molecule is COC(=O)C(C1CCCCC1)C1(CC(=O)OC2CCCCC2)CCCCC1. The van der Waals surface area contributed by atoms with Crippen molar-refractivity contribution in [2.24, 2.45) is 17.3 Å². The Morgan fingerprint density at radius 3 is 2.00 bits per heavy atom. The molecule has 0 aromatic rings. The summed E-state index contributed by atoms with van der Waals surface area (Å²) < 4.78 is 11.2. The molecule has 154 valence electrons. The lowest BCUT2D eigenvalue weighted by molar-refractivity contribution is -0.163. The molecule has 0 saturated heterocycles. The second kappa shape index (κ2) is 9.93. The second-order valence-corrected chi connectivity index (χ2v) is 9.25. The van der Waals surface area contributed by atoms with Crippen molar-refractivity contribution in [3.63, 3.8) is 0 Å². The van der Waals surface area contributed by atoms with Gasteiger partial charge in [-0.2, -0.15) is 0 Å². The maximum atomic E-state index is 12.9. The number of esters is 2. The van der Waals surface area contributed by atoms with Crippen LogP contribution in [0.2, 0.25) is 0 Å². The highest BCUT2D eigenvalue weighted by atomic mass is 16.5. The minimum absolute atomic E-state index is 0.0755. The summed E-state index contributed by atoms with van der Waals surface area (Å²) in [4.78, 5) is 25.8. The van der Waals surface area contributed by atoms with Crippen LogP contribution in [0.4, 0.5) is 0 Å². The summed E-state index contributed by atoms with van der Waals surface area (Å²) in [7, 11) is 1.51. The number of carbonyl (C=O) groups is 2. The summed E-state index contributed by atoms with van der Waals surface area (Å²) >= 11 is 0. The molecule has 3 fully saturated rings.